The topological polar surface area (TPSA) is 105 Å². The normalized spacial score (nSPS) is 20.6. The van der Waals surface area contributed by atoms with Crippen molar-refractivity contribution in [3.8, 4) is 0 Å². The number of nitrogen functional groups attached to an aromatic ring is 1. The Morgan fingerprint density at radius 3 is 2.56 bits per heavy atom. The van der Waals surface area contributed by atoms with Crippen LogP contribution in [0.2, 0.25) is 0 Å². The summed E-state index contributed by atoms with van der Waals surface area (Å²) in [6, 6.07) is 0.235. The highest BCUT2D eigenvalue weighted by Crippen LogP contribution is 2.34. The van der Waals surface area contributed by atoms with E-state index >= 15 is 0 Å². The van der Waals surface area contributed by atoms with Crippen molar-refractivity contribution in [2.24, 2.45) is 5.41 Å². The number of hydroxylamine groups is 2. The minimum absolute atomic E-state index is 0.0929. The molecule has 2 heterocycles. The minimum atomic E-state index is -0.495. The zero-order valence-corrected chi connectivity index (χ0v) is 16.8. The van der Waals surface area contributed by atoms with E-state index in [4.69, 9.17) is 10.6 Å². The van der Waals surface area contributed by atoms with Crippen molar-refractivity contribution in [3.63, 3.8) is 0 Å². The number of hydrogen-bond donors (Lipinski definition) is 3. The van der Waals surface area contributed by atoms with Crippen LogP contribution in [0.5, 0.6) is 0 Å². The Hall–Kier alpha value is -2.09. The van der Waals surface area contributed by atoms with Gasteiger partial charge in [-0.3, -0.25) is 0 Å². The van der Waals surface area contributed by atoms with Crippen LogP contribution in [0, 0.1) is 5.41 Å². The first kappa shape index (κ1) is 19.7. The minimum Gasteiger partial charge on any atom is -0.394 e. The van der Waals surface area contributed by atoms with Crippen LogP contribution in [0.1, 0.15) is 59.8 Å². The number of nitrogens with two attached hydrogens (primary N) is 1. The Labute approximate surface area is 161 Å². The van der Waals surface area contributed by atoms with Gasteiger partial charge in [0.05, 0.1) is 17.3 Å². The van der Waals surface area contributed by atoms with E-state index in [2.05, 4.69) is 27.5 Å². The maximum absolute atomic E-state index is 12.0. The first-order chi connectivity index (χ1) is 12.6. The zero-order valence-electron chi connectivity index (χ0n) is 16.8. The van der Waals surface area contributed by atoms with Crippen LogP contribution in [0.15, 0.2) is 6.20 Å². The predicted octanol–water partition coefficient (Wildman–Crippen LogP) is 2.79. The van der Waals surface area contributed by atoms with E-state index in [1.165, 1.54) is 6.42 Å². The second kappa shape index (κ2) is 7.50. The summed E-state index contributed by atoms with van der Waals surface area (Å²) in [6.07, 6.45) is 6.86. The smallest absolute Gasteiger partial charge is 0.330 e. The molecule has 0 amide bonds. The van der Waals surface area contributed by atoms with E-state index in [9.17, 15) is 4.79 Å². The van der Waals surface area contributed by atoms with Gasteiger partial charge < -0.3 is 21.2 Å². The Morgan fingerprint density at radius 2 is 2.00 bits per heavy atom. The molecule has 3 rings (SSSR count). The van der Waals surface area contributed by atoms with Crippen LogP contribution >= 0.6 is 0 Å². The van der Waals surface area contributed by atoms with Gasteiger partial charge in [-0.25, -0.2) is 9.78 Å². The summed E-state index contributed by atoms with van der Waals surface area (Å²) in [5.74, 6) is 1.08. The fourth-order valence-corrected chi connectivity index (χ4v) is 3.21. The van der Waals surface area contributed by atoms with Gasteiger partial charge in [-0.05, 0) is 59.8 Å². The van der Waals surface area contributed by atoms with Gasteiger partial charge in [-0.1, -0.05) is 0 Å². The lowest BCUT2D eigenvalue weighted by Crippen LogP contribution is -2.43. The van der Waals surface area contributed by atoms with E-state index in [-0.39, 0.29) is 17.6 Å². The number of aromatic nitrogens is 2. The Morgan fingerprint density at radius 1 is 1.33 bits per heavy atom. The molecule has 150 valence electrons. The predicted molar refractivity (Wildman–Crippen MR) is 106 cm³/mol. The lowest BCUT2D eigenvalue weighted by Gasteiger charge is -2.39. The summed E-state index contributed by atoms with van der Waals surface area (Å²) in [6.45, 7) is 9.14. The van der Waals surface area contributed by atoms with Gasteiger partial charge in [0, 0.05) is 24.7 Å². The van der Waals surface area contributed by atoms with Crippen molar-refractivity contribution in [2.45, 2.75) is 71.4 Å². The molecule has 2 fully saturated rings. The molecule has 1 aromatic heterocycles. The van der Waals surface area contributed by atoms with Crippen molar-refractivity contribution in [1.82, 2.24) is 15.0 Å². The first-order valence-electron chi connectivity index (χ1n) is 9.79. The second-order valence-corrected chi connectivity index (χ2v) is 9.01. The van der Waals surface area contributed by atoms with E-state index in [1.807, 2.05) is 20.8 Å². The molecule has 1 aliphatic heterocycles. The van der Waals surface area contributed by atoms with Crippen LogP contribution in [-0.2, 0) is 9.63 Å². The quantitative estimate of drug-likeness (QED) is 0.720. The molecule has 0 atom stereocenters. The number of rotatable bonds is 5. The van der Waals surface area contributed by atoms with Crippen molar-refractivity contribution in [3.05, 3.63) is 6.20 Å². The van der Waals surface area contributed by atoms with Gasteiger partial charge >= 0.3 is 5.97 Å². The number of anilines is 3. The summed E-state index contributed by atoms with van der Waals surface area (Å²) >= 11 is 0. The molecule has 8 heteroatoms. The third kappa shape index (κ3) is 5.00. The third-order valence-electron chi connectivity index (χ3n) is 5.31. The van der Waals surface area contributed by atoms with E-state index in [0.717, 1.165) is 25.7 Å². The maximum Gasteiger partial charge on any atom is 0.330 e. The molecular weight excluding hydrogens is 344 g/mol. The highest BCUT2D eigenvalue weighted by Gasteiger charge is 2.32. The standard InChI is InChI=1S/C19H32N6O2/c1-18(2,3)16(26)27-25-10-6-13(7-11-25)22-15-14(20)12-21-17(23-15)24-19(4)8-5-9-19/h12-13H,5-11,20H2,1-4H3,(H2,21,22,23,24). The van der Waals surface area contributed by atoms with Gasteiger partial charge in [0.2, 0.25) is 5.95 Å². The molecule has 0 spiro atoms. The Bertz CT molecular complexity index is 675. The molecule has 0 bridgehead atoms. The summed E-state index contributed by atoms with van der Waals surface area (Å²) in [7, 11) is 0. The number of carbonyl (C=O) groups excluding carboxylic acids is 1. The molecule has 27 heavy (non-hydrogen) atoms. The number of nitrogens with one attached hydrogen (secondary N) is 2. The maximum atomic E-state index is 12.0. The van der Waals surface area contributed by atoms with Crippen molar-refractivity contribution in [2.75, 3.05) is 29.5 Å². The molecule has 1 aliphatic carbocycles. The van der Waals surface area contributed by atoms with Crippen molar-refractivity contribution >= 4 is 23.4 Å². The fourth-order valence-electron chi connectivity index (χ4n) is 3.21. The Kier molecular flexibility index (Phi) is 5.46. The molecule has 0 radical (unpaired) electrons. The molecule has 1 aromatic rings. The molecule has 0 aromatic carbocycles. The van der Waals surface area contributed by atoms with Gasteiger partial charge in [-0.2, -0.15) is 4.98 Å². The van der Waals surface area contributed by atoms with Crippen LogP contribution < -0.4 is 16.4 Å². The number of carbonyl (C=O) groups is 1. The number of hydrogen-bond acceptors (Lipinski definition) is 8. The number of piperidine rings is 1. The number of nitrogens with zero attached hydrogens (tertiary/aromatic N) is 3. The molecule has 1 saturated carbocycles. The Balaban J connectivity index is 1.53. The summed E-state index contributed by atoms with van der Waals surface area (Å²) in [5.41, 5.74) is 6.20. The largest absolute Gasteiger partial charge is 0.394 e. The zero-order chi connectivity index (χ0) is 19.7. The third-order valence-corrected chi connectivity index (χ3v) is 5.31. The van der Waals surface area contributed by atoms with Crippen LogP contribution in [0.3, 0.4) is 0 Å². The highest BCUT2D eigenvalue weighted by atomic mass is 16.7. The summed E-state index contributed by atoms with van der Waals surface area (Å²) in [4.78, 5) is 26.4. The SMILES string of the molecule is CC1(Nc2ncc(N)c(NC3CCN(OC(=O)C(C)(C)C)CC3)n2)CCC1. The average molecular weight is 377 g/mol. The summed E-state index contributed by atoms with van der Waals surface area (Å²) < 4.78 is 0. The highest BCUT2D eigenvalue weighted by molar-refractivity contribution is 5.75. The van der Waals surface area contributed by atoms with Gasteiger partial charge in [0.15, 0.2) is 5.82 Å². The van der Waals surface area contributed by atoms with E-state index in [0.29, 0.717) is 30.5 Å². The van der Waals surface area contributed by atoms with Crippen molar-refractivity contribution in [1.29, 1.82) is 0 Å². The van der Waals surface area contributed by atoms with Crippen LogP contribution in [0.4, 0.5) is 17.5 Å². The monoisotopic (exact) mass is 376 g/mol. The van der Waals surface area contributed by atoms with Crippen LogP contribution in [-0.4, -0.2) is 45.7 Å². The molecule has 1 saturated heterocycles. The lowest BCUT2D eigenvalue weighted by molar-refractivity contribution is -0.204. The average Bonchev–Trinajstić information content (AvgIpc) is 2.57. The second-order valence-electron chi connectivity index (χ2n) is 9.01. The van der Waals surface area contributed by atoms with Gasteiger partial charge in [0.25, 0.3) is 0 Å². The fraction of sp³-hybridized carbons (Fsp3) is 0.737. The van der Waals surface area contributed by atoms with E-state index < -0.39 is 5.41 Å². The molecule has 2 aliphatic rings. The molecular formula is C19H32N6O2. The molecule has 8 nitrogen and oxygen atoms in total. The summed E-state index contributed by atoms with van der Waals surface area (Å²) in [5, 5.41) is 8.60. The lowest BCUT2D eigenvalue weighted by atomic mass is 9.79. The molecule has 4 N–H and O–H groups in total. The molecule has 0 unspecified atom stereocenters. The van der Waals surface area contributed by atoms with Crippen molar-refractivity contribution < 1.29 is 9.63 Å². The van der Waals surface area contributed by atoms with E-state index in [1.54, 1.807) is 11.3 Å². The first-order valence-corrected chi connectivity index (χ1v) is 9.79. The van der Waals surface area contributed by atoms with Gasteiger partial charge in [0.1, 0.15) is 0 Å². The van der Waals surface area contributed by atoms with Gasteiger partial charge in [-0.15, -0.1) is 5.06 Å². The van der Waals surface area contributed by atoms with Crippen LogP contribution in [0.25, 0.3) is 0 Å².